The number of carboxylic acids is 1. The van der Waals surface area contributed by atoms with E-state index in [1.165, 1.54) is 4.90 Å². The molecule has 2 rings (SSSR count). The molecule has 3 atom stereocenters. The molecule has 0 spiro atoms. The van der Waals surface area contributed by atoms with Crippen LogP contribution in [0.3, 0.4) is 0 Å². The number of amides is 2. The average molecular weight is 530 g/mol. The SMILES string of the molecule is CCOC(=O)[C@H](CCc1ccccc1)N[C@@H](CCCCNC(=O)C(F)(F)F)C(=O)N1CCC[C@@H]1C(=O)O. The van der Waals surface area contributed by atoms with Crippen molar-refractivity contribution in [3.63, 3.8) is 0 Å². The van der Waals surface area contributed by atoms with Crippen molar-refractivity contribution in [2.45, 2.75) is 76.2 Å². The molecule has 3 N–H and O–H groups in total. The van der Waals surface area contributed by atoms with Gasteiger partial charge in [0.15, 0.2) is 0 Å². The summed E-state index contributed by atoms with van der Waals surface area (Å²) in [5.74, 6) is -4.20. The number of carbonyl (C=O) groups is 4. The van der Waals surface area contributed by atoms with E-state index in [4.69, 9.17) is 4.74 Å². The second-order valence-corrected chi connectivity index (χ2v) is 8.83. The van der Waals surface area contributed by atoms with Gasteiger partial charge in [-0.25, -0.2) is 4.79 Å². The first-order chi connectivity index (χ1) is 17.5. The van der Waals surface area contributed by atoms with Crippen LogP contribution in [-0.4, -0.2) is 77.8 Å². The third-order valence-electron chi connectivity index (χ3n) is 6.12. The van der Waals surface area contributed by atoms with E-state index in [2.05, 4.69) is 5.32 Å². The van der Waals surface area contributed by atoms with Crippen LogP contribution < -0.4 is 10.6 Å². The van der Waals surface area contributed by atoms with E-state index >= 15 is 0 Å². The number of hydrogen-bond acceptors (Lipinski definition) is 6. The molecule has 1 aliphatic heterocycles. The maximum atomic E-state index is 13.4. The van der Waals surface area contributed by atoms with Gasteiger partial charge in [0.2, 0.25) is 5.91 Å². The summed E-state index contributed by atoms with van der Waals surface area (Å²) in [7, 11) is 0. The van der Waals surface area contributed by atoms with Gasteiger partial charge in [-0.1, -0.05) is 30.3 Å². The zero-order valence-corrected chi connectivity index (χ0v) is 20.8. The number of rotatable bonds is 14. The number of benzene rings is 1. The molecular weight excluding hydrogens is 495 g/mol. The van der Waals surface area contributed by atoms with Gasteiger partial charge in [-0.05, 0) is 57.4 Å². The van der Waals surface area contributed by atoms with Crippen molar-refractivity contribution in [1.29, 1.82) is 0 Å². The zero-order chi connectivity index (χ0) is 27.4. The molecule has 0 aromatic heterocycles. The highest BCUT2D eigenvalue weighted by molar-refractivity contribution is 5.88. The second kappa shape index (κ2) is 14.6. The van der Waals surface area contributed by atoms with Gasteiger partial charge in [0.05, 0.1) is 12.6 Å². The minimum absolute atomic E-state index is 0.130. The molecule has 1 aromatic carbocycles. The highest BCUT2D eigenvalue weighted by Crippen LogP contribution is 2.21. The van der Waals surface area contributed by atoms with E-state index in [0.29, 0.717) is 25.7 Å². The molecule has 0 radical (unpaired) electrons. The van der Waals surface area contributed by atoms with Gasteiger partial charge >= 0.3 is 24.0 Å². The summed E-state index contributed by atoms with van der Waals surface area (Å²) in [6.45, 7) is 1.80. The molecule has 206 valence electrons. The highest BCUT2D eigenvalue weighted by Gasteiger charge is 2.39. The lowest BCUT2D eigenvalue weighted by Gasteiger charge is -2.30. The normalized spacial score (nSPS) is 17.2. The largest absolute Gasteiger partial charge is 0.480 e. The molecule has 9 nitrogen and oxygen atoms in total. The van der Waals surface area contributed by atoms with E-state index in [0.717, 1.165) is 5.56 Å². The van der Waals surface area contributed by atoms with Crippen LogP contribution in [0, 0.1) is 0 Å². The van der Waals surface area contributed by atoms with E-state index in [1.807, 2.05) is 30.3 Å². The molecular formula is C25H34F3N3O6. The van der Waals surface area contributed by atoms with E-state index in [1.54, 1.807) is 12.2 Å². The van der Waals surface area contributed by atoms with Crippen molar-refractivity contribution >= 4 is 23.8 Å². The summed E-state index contributed by atoms with van der Waals surface area (Å²) in [6, 6.07) is 6.62. The minimum Gasteiger partial charge on any atom is -0.480 e. The maximum Gasteiger partial charge on any atom is 0.471 e. The van der Waals surface area contributed by atoms with Crippen LogP contribution in [0.15, 0.2) is 30.3 Å². The van der Waals surface area contributed by atoms with Gasteiger partial charge in [-0.2, -0.15) is 13.2 Å². The van der Waals surface area contributed by atoms with Crippen LogP contribution in [0.25, 0.3) is 0 Å². The van der Waals surface area contributed by atoms with Gasteiger partial charge < -0.3 is 20.1 Å². The number of nitrogens with one attached hydrogen (secondary N) is 2. The summed E-state index contributed by atoms with van der Waals surface area (Å²) in [4.78, 5) is 50.0. The molecule has 1 aromatic rings. The second-order valence-electron chi connectivity index (χ2n) is 8.83. The van der Waals surface area contributed by atoms with Crippen molar-refractivity contribution in [2.75, 3.05) is 19.7 Å². The molecule has 0 bridgehead atoms. The quantitative estimate of drug-likeness (QED) is 0.250. The van der Waals surface area contributed by atoms with Gasteiger partial charge in [-0.15, -0.1) is 0 Å². The number of halogens is 3. The number of ether oxygens (including phenoxy) is 1. The monoisotopic (exact) mass is 529 g/mol. The summed E-state index contributed by atoms with van der Waals surface area (Å²) in [6.07, 6.45) is -2.77. The lowest BCUT2D eigenvalue weighted by atomic mass is 10.0. The molecule has 1 heterocycles. The predicted molar refractivity (Wildman–Crippen MR) is 127 cm³/mol. The third-order valence-corrected chi connectivity index (χ3v) is 6.12. The Kier molecular flexibility index (Phi) is 11.8. The molecule has 1 aliphatic rings. The lowest BCUT2D eigenvalue weighted by Crippen LogP contribution is -2.54. The fourth-order valence-corrected chi connectivity index (χ4v) is 4.25. The first kappa shape index (κ1) is 30.1. The lowest BCUT2D eigenvalue weighted by molar-refractivity contribution is -0.173. The Morgan fingerprint density at radius 2 is 1.81 bits per heavy atom. The Balaban J connectivity index is 2.11. The van der Waals surface area contributed by atoms with Crippen molar-refractivity contribution in [3.05, 3.63) is 35.9 Å². The molecule has 37 heavy (non-hydrogen) atoms. The molecule has 0 unspecified atom stereocenters. The Morgan fingerprint density at radius 1 is 1.11 bits per heavy atom. The topological polar surface area (TPSA) is 125 Å². The summed E-state index contributed by atoms with van der Waals surface area (Å²) in [5.41, 5.74) is 0.979. The zero-order valence-electron chi connectivity index (χ0n) is 20.8. The van der Waals surface area contributed by atoms with Crippen LogP contribution in [0.2, 0.25) is 0 Å². The number of alkyl halides is 3. The van der Waals surface area contributed by atoms with Crippen LogP contribution in [0.1, 0.15) is 51.0 Å². The van der Waals surface area contributed by atoms with Gasteiger partial charge in [0.1, 0.15) is 12.1 Å². The number of hydrogen-bond donors (Lipinski definition) is 3. The Labute approximate surface area is 213 Å². The minimum atomic E-state index is -4.98. The van der Waals surface area contributed by atoms with E-state index in [9.17, 15) is 37.5 Å². The Morgan fingerprint density at radius 3 is 2.43 bits per heavy atom. The molecule has 12 heteroatoms. The van der Waals surface area contributed by atoms with Crippen LogP contribution in [0.5, 0.6) is 0 Å². The first-order valence-electron chi connectivity index (χ1n) is 12.4. The predicted octanol–water partition coefficient (Wildman–Crippen LogP) is 2.43. The Bertz CT molecular complexity index is 913. The number of aliphatic carboxylic acids is 1. The number of esters is 1. The van der Waals surface area contributed by atoms with E-state index in [-0.39, 0.29) is 39.0 Å². The summed E-state index contributed by atoms with van der Waals surface area (Å²) in [5, 5.41) is 14.3. The first-order valence-corrected chi connectivity index (χ1v) is 12.4. The molecule has 0 aliphatic carbocycles. The summed E-state index contributed by atoms with van der Waals surface area (Å²) >= 11 is 0. The van der Waals surface area contributed by atoms with Crippen molar-refractivity contribution in [3.8, 4) is 0 Å². The van der Waals surface area contributed by atoms with Gasteiger partial charge in [0, 0.05) is 13.1 Å². The number of aryl methyl sites for hydroxylation is 1. The van der Waals surface area contributed by atoms with Crippen molar-refractivity contribution in [2.24, 2.45) is 0 Å². The fourth-order valence-electron chi connectivity index (χ4n) is 4.25. The molecule has 2 amide bonds. The van der Waals surface area contributed by atoms with Crippen LogP contribution in [-0.2, 0) is 30.3 Å². The molecule has 1 saturated heterocycles. The highest BCUT2D eigenvalue weighted by atomic mass is 19.4. The molecule has 0 saturated carbocycles. The maximum absolute atomic E-state index is 13.4. The number of carboxylic acid groups (broad SMARTS) is 1. The molecule has 1 fully saturated rings. The Hall–Kier alpha value is -3.15. The smallest absolute Gasteiger partial charge is 0.471 e. The van der Waals surface area contributed by atoms with Gasteiger partial charge in [0.25, 0.3) is 0 Å². The van der Waals surface area contributed by atoms with Crippen molar-refractivity contribution in [1.82, 2.24) is 15.5 Å². The number of nitrogens with zero attached hydrogens (tertiary/aromatic N) is 1. The average Bonchev–Trinajstić information content (AvgIpc) is 3.35. The fraction of sp³-hybridized carbons (Fsp3) is 0.600. The van der Waals surface area contributed by atoms with E-state index < -0.39 is 48.1 Å². The van der Waals surface area contributed by atoms with Gasteiger partial charge in [-0.3, -0.25) is 19.7 Å². The summed E-state index contributed by atoms with van der Waals surface area (Å²) < 4.78 is 42.3. The van der Waals surface area contributed by atoms with Crippen LogP contribution >= 0.6 is 0 Å². The standard InChI is InChI=1S/C25H34F3N3O6/c1-2-37-23(35)19(14-13-17-9-4-3-5-10-17)30-18(11-6-7-15-29-24(36)25(26,27)28)21(32)31-16-8-12-20(31)22(33)34/h3-5,9-10,18-20,30H,2,6-8,11-16H2,1H3,(H,29,36)(H,33,34)/t18-,19-,20+/m0/s1. The van der Waals surface area contributed by atoms with Crippen molar-refractivity contribution < 1.29 is 42.2 Å². The number of likely N-dealkylation sites (tertiary alicyclic amines) is 1. The van der Waals surface area contributed by atoms with Crippen LogP contribution in [0.4, 0.5) is 13.2 Å². The number of carbonyl (C=O) groups excluding carboxylic acids is 3. The third kappa shape index (κ3) is 9.67. The number of unbranched alkanes of at least 4 members (excludes halogenated alkanes) is 1.